The van der Waals surface area contributed by atoms with Crippen molar-refractivity contribution in [3.05, 3.63) is 34.3 Å². The van der Waals surface area contributed by atoms with Crippen LogP contribution in [0, 0.1) is 5.92 Å². The molecule has 1 rings (SSSR count). The van der Waals surface area contributed by atoms with Crippen LogP contribution in [0.5, 0.6) is 0 Å². The lowest BCUT2D eigenvalue weighted by Gasteiger charge is -2.08. The van der Waals surface area contributed by atoms with Crippen LogP contribution in [-0.2, 0) is 11.2 Å². The van der Waals surface area contributed by atoms with Crippen molar-refractivity contribution in [2.24, 2.45) is 5.92 Å². The third kappa shape index (κ3) is 6.55. The summed E-state index contributed by atoms with van der Waals surface area (Å²) in [5, 5.41) is 3.99. The minimum Gasteiger partial charge on any atom is -0.356 e. The second-order valence-corrected chi connectivity index (χ2v) is 6.12. The van der Waals surface area contributed by atoms with Crippen molar-refractivity contribution in [2.45, 2.75) is 26.2 Å². The van der Waals surface area contributed by atoms with E-state index in [0.29, 0.717) is 12.3 Å². The van der Waals surface area contributed by atoms with Gasteiger partial charge in [-0.05, 0) is 36.5 Å². The molecule has 1 unspecified atom stereocenters. The molecular weight excluding hydrogens is 358 g/mol. The van der Waals surface area contributed by atoms with E-state index >= 15 is 0 Å². The molecule has 0 aromatic heterocycles. The summed E-state index contributed by atoms with van der Waals surface area (Å²) >= 11 is 6.86. The molecule has 0 saturated carbocycles. The average molecular weight is 377 g/mol. The molecular formula is C14H19Br2NO. The largest absolute Gasteiger partial charge is 0.356 e. The van der Waals surface area contributed by atoms with Gasteiger partial charge < -0.3 is 5.32 Å². The number of benzene rings is 1. The van der Waals surface area contributed by atoms with Crippen LogP contribution in [0.3, 0.4) is 0 Å². The predicted molar refractivity (Wildman–Crippen MR) is 83.0 cm³/mol. The Bertz CT molecular complexity index is 382. The first kappa shape index (κ1) is 15.7. The van der Waals surface area contributed by atoms with Gasteiger partial charge in [0, 0.05) is 16.3 Å². The second kappa shape index (κ2) is 8.70. The predicted octanol–water partition coefficient (Wildman–Crippen LogP) is 3.92. The van der Waals surface area contributed by atoms with Gasteiger partial charge in [-0.2, -0.15) is 0 Å². The molecule has 0 fully saturated rings. The summed E-state index contributed by atoms with van der Waals surface area (Å²) in [4.78, 5) is 11.7. The molecule has 0 aliphatic rings. The van der Waals surface area contributed by atoms with Crippen LogP contribution >= 0.6 is 31.9 Å². The van der Waals surface area contributed by atoms with Gasteiger partial charge in [-0.3, -0.25) is 4.79 Å². The summed E-state index contributed by atoms with van der Waals surface area (Å²) in [6.45, 7) is 2.97. The first-order valence-corrected chi connectivity index (χ1v) is 8.10. The molecule has 1 amide bonds. The Morgan fingerprint density at radius 2 is 2.22 bits per heavy atom. The summed E-state index contributed by atoms with van der Waals surface area (Å²) < 4.78 is 1.01. The van der Waals surface area contributed by atoms with E-state index in [1.54, 1.807) is 0 Å². The Kier molecular flexibility index (Phi) is 7.59. The first-order chi connectivity index (χ1) is 8.61. The normalized spacial score (nSPS) is 12.2. The lowest BCUT2D eigenvalue weighted by atomic mass is 10.1. The summed E-state index contributed by atoms with van der Waals surface area (Å²) in [6, 6.07) is 7.86. The number of nitrogens with one attached hydrogen (secondary N) is 1. The first-order valence-electron chi connectivity index (χ1n) is 6.19. The summed E-state index contributed by atoms with van der Waals surface area (Å²) in [6.07, 6.45) is 2.63. The number of carbonyl (C=O) groups is 1. The highest BCUT2D eigenvalue weighted by Crippen LogP contribution is 2.12. The van der Waals surface area contributed by atoms with Gasteiger partial charge in [-0.25, -0.2) is 0 Å². The third-order valence-electron chi connectivity index (χ3n) is 2.71. The molecule has 1 N–H and O–H groups in total. The highest BCUT2D eigenvalue weighted by molar-refractivity contribution is 9.10. The van der Waals surface area contributed by atoms with Gasteiger partial charge in [0.25, 0.3) is 0 Å². The molecule has 0 saturated heterocycles. The highest BCUT2D eigenvalue weighted by Gasteiger charge is 2.04. The number of halogens is 2. The smallest absolute Gasteiger partial charge is 0.224 e. The van der Waals surface area contributed by atoms with Gasteiger partial charge in [0.2, 0.25) is 5.91 Å². The molecule has 2 nitrogen and oxygen atoms in total. The van der Waals surface area contributed by atoms with Crippen LogP contribution in [0.4, 0.5) is 0 Å². The van der Waals surface area contributed by atoms with Gasteiger partial charge in [0.15, 0.2) is 0 Å². The molecule has 1 aromatic carbocycles. The minimum atomic E-state index is 0.0968. The summed E-state index contributed by atoms with van der Waals surface area (Å²) in [7, 11) is 0. The van der Waals surface area contributed by atoms with Crippen LogP contribution in [0.2, 0.25) is 0 Å². The molecule has 18 heavy (non-hydrogen) atoms. The molecule has 0 heterocycles. The molecule has 1 aromatic rings. The van der Waals surface area contributed by atoms with E-state index in [-0.39, 0.29) is 5.91 Å². The molecule has 0 aliphatic heterocycles. The number of hydrogen-bond donors (Lipinski definition) is 1. The average Bonchev–Trinajstić information content (AvgIpc) is 2.34. The molecule has 0 bridgehead atoms. The third-order valence-corrected chi connectivity index (χ3v) is 4.31. The second-order valence-electron chi connectivity index (χ2n) is 4.56. The van der Waals surface area contributed by atoms with Crippen molar-refractivity contribution in [1.82, 2.24) is 5.32 Å². The Morgan fingerprint density at radius 1 is 1.44 bits per heavy atom. The number of carbonyl (C=O) groups excluding carboxylic acids is 1. The maximum absolute atomic E-state index is 11.7. The summed E-state index contributed by atoms with van der Waals surface area (Å²) in [5.41, 5.74) is 1.04. The fraction of sp³-hybridized carbons (Fsp3) is 0.500. The van der Waals surface area contributed by atoms with E-state index in [2.05, 4.69) is 44.1 Å². The van der Waals surface area contributed by atoms with Crippen molar-refractivity contribution in [2.75, 3.05) is 11.9 Å². The van der Waals surface area contributed by atoms with E-state index in [9.17, 15) is 4.79 Å². The van der Waals surface area contributed by atoms with E-state index in [4.69, 9.17) is 0 Å². The van der Waals surface area contributed by atoms with Crippen molar-refractivity contribution in [3.63, 3.8) is 0 Å². The lowest BCUT2D eigenvalue weighted by molar-refractivity contribution is -0.120. The minimum absolute atomic E-state index is 0.0968. The van der Waals surface area contributed by atoms with Gasteiger partial charge in [0.05, 0.1) is 6.42 Å². The van der Waals surface area contributed by atoms with Crippen LogP contribution in [0.1, 0.15) is 25.3 Å². The quantitative estimate of drug-likeness (QED) is 0.567. The van der Waals surface area contributed by atoms with E-state index < -0.39 is 0 Å². The maximum atomic E-state index is 11.7. The standard InChI is InChI=1S/C14H19Br2NO/c1-11(10-15)4-3-7-17-14(18)9-12-5-2-6-13(16)8-12/h2,5-6,8,11H,3-4,7,9-10H2,1H3,(H,17,18). The summed E-state index contributed by atoms with van der Waals surface area (Å²) in [5.74, 6) is 0.770. The number of hydrogen-bond acceptors (Lipinski definition) is 1. The maximum Gasteiger partial charge on any atom is 0.224 e. The zero-order chi connectivity index (χ0) is 13.4. The van der Waals surface area contributed by atoms with Crippen molar-refractivity contribution >= 4 is 37.8 Å². The number of amides is 1. The molecule has 1 atom stereocenters. The lowest BCUT2D eigenvalue weighted by Crippen LogP contribution is -2.26. The van der Waals surface area contributed by atoms with E-state index in [0.717, 1.165) is 34.8 Å². The zero-order valence-electron chi connectivity index (χ0n) is 10.6. The van der Waals surface area contributed by atoms with Crippen molar-refractivity contribution in [3.8, 4) is 0 Å². The van der Waals surface area contributed by atoms with Crippen LogP contribution in [-0.4, -0.2) is 17.8 Å². The van der Waals surface area contributed by atoms with Crippen LogP contribution in [0.15, 0.2) is 28.7 Å². The molecule has 0 spiro atoms. The SMILES string of the molecule is CC(CBr)CCCNC(=O)Cc1cccc(Br)c1. The van der Waals surface area contributed by atoms with Gasteiger partial charge in [-0.1, -0.05) is 50.9 Å². The van der Waals surface area contributed by atoms with Gasteiger partial charge in [0.1, 0.15) is 0 Å². The van der Waals surface area contributed by atoms with E-state index in [1.807, 2.05) is 24.3 Å². The monoisotopic (exact) mass is 375 g/mol. The van der Waals surface area contributed by atoms with Gasteiger partial charge >= 0.3 is 0 Å². The van der Waals surface area contributed by atoms with Crippen LogP contribution < -0.4 is 5.32 Å². The Morgan fingerprint density at radius 3 is 2.89 bits per heavy atom. The van der Waals surface area contributed by atoms with Crippen molar-refractivity contribution in [1.29, 1.82) is 0 Å². The Hall–Kier alpha value is -0.350. The topological polar surface area (TPSA) is 29.1 Å². The fourth-order valence-corrected chi connectivity index (χ4v) is 2.42. The molecule has 4 heteroatoms. The molecule has 100 valence electrons. The molecule has 0 aliphatic carbocycles. The Balaban J connectivity index is 2.22. The van der Waals surface area contributed by atoms with Crippen LogP contribution in [0.25, 0.3) is 0 Å². The Labute approximate surface area is 126 Å². The zero-order valence-corrected chi connectivity index (χ0v) is 13.8. The van der Waals surface area contributed by atoms with Gasteiger partial charge in [-0.15, -0.1) is 0 Å². The van der Waals surface area contributed by atoms with Crippen molar-refractivity contribution < 1.29 is 4.79 Å². The number of alkyl halides is 1. The fourth-order valence-electron chi connectivity index (χ4n) is 1.65. The van der Waals surface area contributed by atoms with E-state index in [1.165, 1.54) is 0 Å². The number of rotatable bonds is 7. The highest BCUT2D eigenvalue weighted by atomic mass is 79.9. The molecule has 0 radical (unpaired) electrons.